The van der Waals surface area contributed by atoms with Crippen LogP contribution in [0.25, 0.3) is 0 Å². The summed E-state index contributed by atoms with van der Waals surface area (Å²) < 4.78 is 0. The third kappa shape index (κ3) is 2.82. The number of carbonyl (C=O) groups excluding carboxylic acids is 1. The van der Waals surface area contributed by atoms with E-state index in [1.54, 1.807) is 0 Å². The molecule has 4 heteroatoms. The number of benzene rings is 1. The molecular weight excluding hydrogens is 226 g/mol. The van der Waals surface area contributed by atoms with Crippen LogP contribution in [0, 0.1) is 0 Å². The molecule has 0 radical (unpaired) electrons. The Balaban J connectivity index is 1.98. The summed E-state index contributed by atoms with van der Waals surface area (Å²) in [5.74, 6) is 0.104. The van der Waals surface area contributed by atoms with E-state index in [0.717, 1.165) is 30.8 Å². The van der Waals surface area contributed by atoms with Crippen molar-refractivity contribution in [2.45, 2.75) is 18.9 Å². The van der Waals surface area contributed by atoms with Gasteiger partial charge in [-0.2, -0.15) is 0 Å². The normalized spacial score (nSPS) is 19.8. The molecule has 0 aliphatic carbocycles. The van der Waals surface area contributed by atoms with Crippen LogP contribution < -0.4 is 10.2 Å². The fourth-order valence-corrected chi connectivity index (χ4v) is 2.31. The summed E-state index contributed by atoms with van der Waals surface area (Å²) in [6.07, 6.45) is 2.06. The van der Waals surface area contributed by atoms with Gasteiger partial charge < -0.3 is 10.2 Å². The minimum atomic E-state index is 0.0264. The number of likely N-dealkylation sites (N-methyl/N-ethyl adjacent to an activating group) is 1. The van der Waals surface area contributed by atoms with Crippen LogP contribution in [0.3, 0.4) is 0 Å². The first kappa shape index (κ1) is 12.9. The Bertz CT molecular complexity index is 414. The van der Waals surface area contributed by atoms with Crippen molar-refractivity contribution in [2.24, 2.45) is 0 Å². The van der Waals surface area contributed by atoms with Gasteiger partial charge in [-0.15, -0.1) is 0 Å². The maximum Gasteiger partial charge on any atom is 0.241 e. The summed E-state index contributed by atoms with van der Waals surface area (Å²) in [5.41, 5.74) is 2.00. The van der Waals surface area contributed by atoms with Gasteiger partial charge in [0.05, 0.1) is 6.04 Å². The molecule has 18 heavy (non-hydrogen) atoms. The number of amides is 1. The lowest BCUT2D eigenvalue weighted by molar-refractivity contribution is -0.119. The van der Waals surface area contributed by atoms with E-state index < -0.39 is 0 Å². The zero-order valence-corrected chi connectivity index (χ0v) is 11.3. The standard InChI is InChI=1S/C14H21N3O/c1-16(2)12-8-6-11(7-9-12)15-14(18)13-5-4-10-17(13)3/h6-9,13H,4-5,10H2,1-3H3,(H,15,18)/t13-/m0/s1. The first-order chi connectivity index (χ1) is 8.58. The van der Waals surface area contributed by atoms with Crippen LogP contribution in [0.1, 0.15) is 12.8 Å². The van der Waals surface area contributed by atoms with Gasteiger partial charge in [-0.3, -0.25) is 9.69 Å². The zero-order chi connectivity index (χ0) is 13.1. The number of nitrogens with zero attached hydrogens (tertiary/aromatic N) is 2. The molecule has 0 aromatic heterocycles. The molecular formula is C14H21N3O. The average Bonchev–Trinajstić information content (AvgIpc) is 2.76. The zero-order valence-electron chi connectivity index (χ0n) is 11.3. The van der Waals surface area contributed by atoms with E-state index in [4.69, 9.17) is 0 Å². The molecule has 98 valence electrons. The number of hydrogen-bond acceptors (Lipinski definition) is 3. The minimum absolute atomic E-state index is 0.0264. The summed E-state index contributed by atoms with van der Waals surface area (Å²) in [6.45, 7) is 1.01. The second kappa shape index (κ2) is 5.40. The SMILES string of the molecule is CN(C)c1ccc(NC(=O)[C@@H]2CCCN2C)cc1. The topological polar surface area (TPSA) is 35.6 Å². The molecule has 1 aliphatic rings. The van der Waals surface area contributed by atoms with Crippen LogP contribution in [0.2, 0.25) is 0 Å². The molecule has 1 atom stereocenters. The third-order valence-corrected chi connectivity index (χ3v) is 3.47. The fourth-order valence-electron chi connectivity index (χ4n) is 2.31. The number of anilines is 2. The Kier molecular flexibility index (Phi) is 3.87. The van der Waals surface area contributed by atoms with E-state index in [1.165, 1.54) is 0 Å². The Morgan fingerprint density at radius 2 is 2.00 bits per heavy atom. The second-order valence-corrected chi connectivity index (χ2v) is 5.07. The second-order valence-electron chi connectivity index (χ2n) is 5.07. The highest BCUT2D eigenvalue weighted by Crippen LogP contribution is 2.19. The van der Waals surface area contributed by atoms with E-state index >= 15 is 0 Å². The number of rotatable bonds is 3. The van der Waals surface area contributed by atoms with E-state index in [0.29, 0.717) is 0 Å². The molecule has 0 saturated carbocycles. The van der Waals surface area contributed by atoms with Crippen molar-refractivity contribution in [1.29, 1.82) is 0 Å². The van der Waals surface area contributed by atoms with Gasteiger partial charge in [-0.05, 0) is 50.7 Å². The Hall–Kier alpha value is -1.55. The molecule has 1 N–H and O–H groups in total. The summed E-state index contributed by atoms with van der Waals surface area (Å²) in [6, 6.07) is 7.94. The first-order valence-electron chi connectivity index (χ1n) is 6.36. The van der Waals surface area contributed by atoms with Crippen LogP contribution >= 0.6 is 0 Å². The maximum atomic E-state index is 12.1. The van der Waals surface area contributed by atoms with Gasteiger partial charge in [0, 0.05) is 25.5 Å². The van der Waals surface area contributed by atoms with Crippen LogP contribution in [-0.2, 0) is 4.79 Å². The summed E-state index contributed by atoms with van der Waals surface area (Å²) in [5, 5.41) is 2.98. The molecule has 1 aliphatic heterocycles. The van der Waals surface area contributed by atoms with Gasteiger partial charge in [0.1, 0.15) is 0 Å². The molecule has 1 saturated heterocycles. The summed E-state index contributed by atoms with van der Waals surface area (Å²) in [4.78, 5) is 16.2. The van der Waals surface area contributed by atoms with Crippen molar-refractivity contribution in [2.75, 3.05) is 37.9 Å². The smallest absolute Gasteiger partial charge is 0.241 e. The molecule has 1 amide bonds. The van der Waals surface area contributed by atoms with Gasteiger partial charge in [-0.25, -0.2) is 0 Å². The highest BCUT2D eigenvalue weighted by atomic mass is 16.2. The highest BCUT2D eigenvalue weighted by Gasteiger charge is 2.27. The highest BCUT2D eigenvalue weighted by molar-refractivity contribution is 5.95. The number of nitrogens with one attached hydrogen (secondary N) is 1. The molecule has 1 heterocycles. The molecule has 2 rings (SSSR count). The molecule has 4 nitrogen and oxygen atoms in total. The fraction of sp³-hybridized carbons (Fsp3) is 0.500. The molecule has 1 aromatic rings. The van der Waals surface area contributed by atoms with Crippen LogP contribution in [0.4, 0.5) is 11.4 Å². The molecule has 0 spiro atoms. The van der Waals surface area contributed by atoms with Crippen molar-refractivity contribution in [3.63, 3.8) is 0 Å². The monoisotopic (exact) mass is 247 g/mol. The predicted molar refractivity (Wildman–Crippen MR) is 75.1 cm³/mol. The van der Waals surface area contributed by atoms with Crippen molar-refractivity contribution in [3.8, 4) is 0 Å². The predicted octanol–water partition coefficient (Wildman–Crippen LogP) is 1.79. The van der Waals surface area contributed by atoms with E-state index in [9.17, 15) is 4.79 Å². The molecule has 0 unspecified atom stereocenters. The largest absolute Gasteiger partial charge is 0.378 e. The van der Waals surface area contributed by atoms with Crippen molar-refractivity contribution in [1.82, 2.24) is 4.90 Å². The molecule has 1 fully saturated rings. The van der Waals surface area contributed by atoms with Crippen molar-refractivity contribution in [3.05, 3.63) is 24.3 Å². The van der Waals surface area contributed by atoms with Gasteiger partial charge in [-0.1, -0.05) is 0 Å². The molecule has 1 aromatic carbocycles. The van der Waals surface area contributed by atoms with Crippen LogP contribution in [0.15, 0.2) is 24.3 Å². The van der Waals surface area contributed by atoms with E-state index in [1.807, 2.05) is 50.3 Å². The lowest BCUT2D eigenvalue weighted by atomic mass is 10.2. The van der Waals surface area contributed by atoms with E-state index in [-0.39, 0.29) is 11.9 Å². The Morgan fingerprint density at radius 3 is 2.50 bits per heavy atom. The van der Waals surface area contributed by atoms with Crippen molar-refractivity contribution < 1.29 is 4.79 Å². The number of hydrogen-bond donors (Lipinski definition) is 1. The lowest BCUT2D eigenvalue weighted by Gasteiger charge is -2.19. The first-order valence-corrected chi connectivity index (χ1v) is 6.36. The summed E-state index contributed by atoms with van der Waals surface area (Å²) in [7, 11) is 6.01. The van der Waals surface area contributed by atoms with Gasteiger partial charge in [0.2, 0.25) is 5.91 Å². The van der Waals surface area contributed by atoms with E-state index in [2.05, 4.69) is 10.2 Å². The summed E-state index contributed by atoms with van der Waals surface area (Å²) >= 11 is 0. The quantitative estimate of drug-likeness (QED) is 0.884. The van der Waals surface area contributed by atoms with Gasteiger partial charge in [0.25, 0.3) is 0 Å². The third-order valence-electron chi connectivity index (χ3n) is 3.47. The van der Waals surface area contributed by atoms with Crippen molar-refractivity contribution >= 4 is 17.3 Å². The Labute approximate surface area is 109 Å². The Morgan fingerprint density at radius 1 is 1.33 bits per heavy atom. The van der Waals surface area contributed by atoms with Crippen LogP contribution in [-0.4, -0.2) is 44.5 Å². The molecule has 0 bridgehead atoms. The number of likely N-dealkylation sites (tertiary alicyclic amines) is 1. The average molecular weight is 247 g/mol. The van der Waals surface area contributed by atoms with Crippen LogP contribution in [0.5, 0.6) is 0 Å². The minimum Gasteiger partial charge on any atom is -0.378 e. The van der Waals surface area contributed by atoms with Gasteiger partial charge >= 0.3 is 0 Å². The number of carbonyl (C=O) groups is 1. The van der Waals surface area contributed by atoms with Gasteiger partial charge in [0.15, 0.2) is 0 Å². The maximum absolute atomic E-state index is 12.1. The lowest BCUT2D eigenvalue weighted by Crippen LogP contribution is -2.37.